The molecule has 0 aromatic rings. The highest BCUT2D eigenvalue weighted by Crippen LogP contribution is 1.88. The Labute approximate surface area is 94.6 Å². The van der Waals surface area contributed by atoms with Gasteiger partial charge in [0.25, 0.3) is 0 Å². The third-order valence-corrected chi connectivity index (χ3v) is 1.72. The molecule has 0 aliphatic carbocycles. The number of terminal acetylenes is 1. The Kier molecular flexibility index (Phi) is 7.85. The van der Waals surface area contributed by atoms with E-state index in [1.165, 1.54) is 0 Å². The molecule has 0 rings (SSSR count). The first-order chi connectivity index (χ1) is 7.61. The normalized spacial score (nSPS) is 9.50. The summed E-state index contributed by atoms with van der Waals surface area (Å²) in [5.41, 5.74) is 0. The van der Waals surface area contributed by atoms with Gasteiger partial charge in [-0.05, 0) is 0 Å². The Balaban J connectivity index is 3.97. The van der Waals surface area contributed by atoms with Crippen molar-refractivity contribution >= 4 is 11.9 Å². The van der Waals surface area contributed by atoms with E-state index in [4.69, 9.17) is 16.3 Å². The minimum Gasteiger partial charge on any atom is -0.480 e. The predicted octanol–water partition coefficient (Wildman–Crippen LogP) is -1.23. The van der Waals surface area contributed by atoms with Crippen molar-refractivity contribution < 1.29 is 19.4 Å². The number of amides is 1. The number of ether oxygens (including phenoxy) is 1. The number of nitrogens with zero attached hydrogens (tertiary/aromatic N) is 1. The van der Waals surface area contributed by atoms with Crippen molar-refractivity contribution in [3.8, 4) is 12.3 Å². The quantitative estimate of drug-likeness (QED) is 0.402. The van der Waals surface area contributed by atoms with E-state index in [2.05, 4.69) is 11.2 Å². The summed E-state index contributed by atoms with van der Waals surface area (Å²) < 4.78 is 4.78. The second-order valence-electron chi connectivity index (χ2n) is 3.02. The molecule has 0 radical (unpaired) electrons. The van der Waals surface area contributed by atoms with Crippen LogP contribution in [0, 0.1) is 12.3 Å². The zero-order valence-electron chi connectivity index (χ0n) is 9.23. The number of carbonyl (C=O) groups excluding carboxylic acids is 1. The fourth-order valence-electron chi connectivity index (χ4n) is 0.987. The first kappa shape index (κ1) is 14.4. The van der Waals surface area contributed by atoms with Crippen LogP contribution in [0.2, 0.25) is 0 Å². The fourth-order valence-corrected chi connectivity index (χ4v) is 0.987. The molecule has 0 heterocycles. The molecule has 0 aromatic carbocycles. The van der Waals surface area contributed by atoms with Crippen molar-refractivity contribution in [3.63, 3.8) is 0 Å². The van der Waals surface area contributed by atoms with Gasteiger partial charge in [0.05, 0.1) is 19.7 Å². The Morgan fingerprint density at radius 2 is 2.25 bits per heavy atom. The summed E-state index contributed by atoms with van der Waals surface area (Å²) in [4.78, 5) is 23.1. The fraction of sp³-hybridized carbons (Fsp3) is 0.600. The molecule has 0 fully saturated rings. The molecule has 0 aliphatic rings. The molecule has 6 heteroatoms. The number of carbonyl (C=O) groups is 2. The van der Waals surface area contributed by atoms with Gasteiger partial charge in [-0.3, -0.25) is 9.59 Å². The monoisotopic (exact) mass is 228 g/mol. The van der Waals surface area contributed by atoms with Gasteiger partial charge in [0, 0.05) is 13.7 Å². The number of methoxy groups -OCH3 is 1. The maximum absolute atomic E-state index is 11.5. The standard InChI is InChI=1S/C10H16N2O4/c1-3-5-12(8-10(14)15)9(13)7-11-4-6-16-2/h1,11H,4-8H2,2H3,(H,14,15). The zero-order valence-corrected chi connectivity index (χ0v) is 9.23. The van der Waals surface area contributed by atoms with Crippen LogP contribution in [0.1, 0.15) is 0 Å². The van der Waals surface area contributed by atoms with Crippen molar-refractivity contribution in [1.29, 1.82) is 0 Å². The second-order valence-corrected chi connectivity index (χ2v) is 3.02. The molecule has 0 saturated carbocycles. The SMILES string of the molecule is C#CCN(CC(=O)O)C(=O)CNCCOC. The highest BCUT2D eigenvalue weighted by atomic mass is 16.5. The lowest BCUT2D eigenvalue weighted by atomic mass is 10.4. The second kappa shape index (κ2) is 8.71. The molecule has 16 heavy (non-hydrogen) atoms. The molecule has 0 unspecified atom stereocenters. The van der Waals surface area contributed by atoms with E-state index < -0.39 is 5.97 Å². The molecule has 0 atom stereocenters. The third kappa shape index (κ3) is 6.81. The number of aliphatic carboxylic acids is 1. The van der Waals surface area contributed by atoms with Gasteiger partial charge in [-0.25, -0.2) is 0 Å². The maximum Gasteiger partial charge on any atom is 0.323 e. The van der Waals surface area contributed by atoms with Gasteiger partial charge in [-0.15, -0.1) is 6.42 Å². The summed E-state index contributed by atoms with van der Waals surface area (Å²) in [5, 5.41) is 11.4. The number of carboxylic acids is 1. The first-order valence-electron chi connectivity index (χ1n) is 4.74. The largest absolute Gasteiger partial charge is 0.480 e. The highest BCUT2D eigenvalue weighted by Gasteiger charge is 2.14. The molecule has 1 amide bonds. The number of rotatable bonds is 8. The topological polar surface area (TPSA) is 78.9 Å². The van der Waals surface area contributed by atoms with Crippen LogP contribution in [-0.4, -0.2) is 61.8 Å². The lowest BCUT2D eigenvalue weighted by molar-refractivity contribution is -0.143. The first-order valence-corrected chi connectivity index (χ1v) is 4.74. The van der Waals surface area contributed by atoms with E-state index in [9.17, 15) is 9.59 Å². The van der Waals surface area contributed by atoms with E-state index in [0.29, 0.717) is 13.2 Å². The molecule has 0 aliphatic heterocycles. The van der Waals surface area contributed by atoms with Crippen LogP contribution in [0.25, 0.3) is 0 Å². The summed E-state index contributed by atoms with van der Waals surface area (Å²) >= 11 is 0. The summed E-state index contributed by atoms with van der Waals surface area (Å²) in [7, 11) is 1.55. The van der Waals surface area contributed by atoms with Crippen LogP contribution in [0.15, 0.2) is 0 Å². The van der Waals surface area contributed by atoms with Gasteiger partial charge in [-0.2, -0.15) is 0 Å². The number of hydrogen-bond acceptors (Lipinski definition) is 4. The van der Waals surface area contributed by atoms with Crippen LogP contribution >= 0.6 is 0 Å². The van der Waals surface area contributed by atoms with Crippen LogP contribution < -0.4 is 5.32 Å². The minimum atomic E-state index is -1.08. The minimum absolute atomic E-state index is 0.00289. The smallest absolute Gasteiger partial charge is 0.323 e. The van der Waals surface area contributed by atoms with Crippen molar-refractivity contribution in [1.82, 2.24) is 10.2 Å². The molecule has 0 spiro atoms. The Morgan fingerprint density at radius 1 is 1.56 bits per heavy atom. The van der Waals surface area contributed by atoms with Crippen LogP contribution in [0.4, 0.5) is 0 Å². The summed E-state index contributed by atoms with van der Waals surface area (Å²) in [6, 6.07) is 0. The van der Waals surface area contributed by atoms with Crippen LogP contribution in [0.3, 0.4) is 0 Å². The van der Waals surface area contributed by atoms with Gasteiger partial charge < -0.3 is 20.1 Å². The van der Waals surface area contributed by atoms with Gasteiger partial charge in [0.2, 0.25) is 5.91 Å². The van der Waals surface area contributed by atoms with Gasteiger partial charge in [0.15, 0.2) is 0 Å². The highest BCUT2D eigenvalue weighted by molar-refractivity contribution is 5.82. The predicted molar refractivity (Wildman–Crippen MR) is 57.8 cm³/mol. The number of carboxylic acid groups (broad SMARTS) is 1. The van der Waals surface area contributed by atoms with E-state index in [-0.39, 0.29) is 25.5 Å². The van der Waals surface area contributed by atoms with Crippen molar-refractivity contribution in [2.45, 2.75) is 0 Å². The average molecular weight is 228 g/mol. The van der Waals surface area contributed by atoms with E-state index >= 15 is 0 Å². The molecule has 90 valence electrons. The number of hydrogen-bond donors (Lipinski definition) is 2. The summed E-state index contributed by atoms with van der Waals surface area (Å²) in [6.07, 6.45) is 5.04. The van der Waals surface area contributed by atoms with Crippen molar-refractivity contribution in [2.75, 3.05) is 39.9 Å². The molecule has 0 aromatic heterocycles. The lowest BCUT2D eigenvalue weighted by Gasteiger charge is -2.17. The molecular weight excluding hydrogens is 212 g/mol. The zero-order chi connectivity index (χ0) is 12.4. The third-order valence-electron chi connectivity index (χ3n) is 1.72. The van der Waals surface area contributed by atoms with Crippen LogP contribution in [-0.2, 0) is 14.3 Å². The number of nitrogens with one attached hydrogen (secondary N) is 1. The van der Waals surface area contributed by atoms with E-state index in [1.807, 2.05) is 0 Å². The molecule has 6 nitrogen and oxygen atoms in total. The van der Waals surface area contributed by atoms with Gasteiger partial charge in [0.1, 0.15) is 6.54 Å². The van der Waals surface area contributed by atoms with Gasteiger partial charge in [-0.1, -0.05) is 5.92 Å². The molecule has 0 saturated heterocycles. The van der Waals surface area contributed by atoms with Crippen molar-refractivity contribution in [2.24, 2.45) is 0 Å². The summed E-state index contributed by atoms with van der Waals surface area (Å²) in [5.74, 6) is 0.825. The molecule has 0 bridgehead atoms. The van der Waals surface area contributed by atoms with E-state index in [0.717, 1.165) is 4.90 Å². The summed E-state index contributed by atoms with van der Waals surface area (Å²) in [6.45, 7) is 0.685. The lowest BCUT2D eigenvalue weighted by Crippen LogP contribution is -2.41. The van der Waals surface area contributed by atoms with E-state index in [1.54, 1.807) is 7.11 Å². The Morgan fingerprint density at radius 3 is 2.75 bits per heavy atom. The van der Waals surface area contributed by atoms with Crippen LogP contribution in [0.5, 0.6) is 0 Å². The molecular formula is C10H16N2O4. The Hall–Kier alpha value is -1.58. The van der Waals surface area contributed by atoms with Crippen molar-refractivity contribution in [3.05, 3.63) is 0 Å². The maximum atomic E-state index is 11.5. The Bertz CT molecular complexity index is 272. The van der Waals surface area contributed by atoms with Gasteiger partial charge >= 0.3 is 5.97 Å². The molecule has 2 N–H and O–H groups in total. The average Bonchev–Trinajstić information content (AvgIpc) is 2.23.